The predicted octanol–water partition coefficient (Wildman–Crippen LogP) is -0.0992. The van der Waals surface area contributed by atoms with Gasteiger partial charge in [0.2, 0.25) is 5.91 Å². The lowest BCUT2D eigenvalue weighted by Gasteiger charge is -2.34. The van der Waals surface area contributed by atoms with Gasteiger partial charge < -0.3 is 10.2 Å². The summed E-state index contributed by atoms with van der Waals surface area (Å²) in [7, 11) is 0. The molecule has 0 bridgehead atoms. The van der Waals surface area contributed by atoms with Crippen molar-refractivity contribution in [2.75, 3.05) is 44.2 Å². The summed E-state index contributed by atoms with van der Waals surface area (Å²) < 4.78 is 0. The first kappa shape index (κ1) is 13.5. The molecular weight excluding hydrogens is 242 g/mol. The lowest BCUT2D eigenvalue weighted by atomic mass is 10.3. The molecule has 6 nitrogen and oxygen atoms in total. The average Bonchev–Trinajstić information content (AvgIpc) is 2.47. The Kier molecular flexibility index (Phi) is 4.85. The van der Waals surface area contributed by atoms with E-state index < -0.39 is 0 Å². The Morgan fingerprint density at radius 2 is 2.16 bits per heavy atom. The smallest absolute Gasteiger partial charge is 0.234 e. The van der Waals surface area contributed by atoms with Crippen LogP contribution >= 0.6 is 0 Å². The predicted molar refractivity (Wildman–Crippen MR) is 73.9 cm³/mol. The molecule has 0 saturated carbocycles. The molecule has 1 aromatic rings. The van der Waals surface area contributed by atoms with E-state index in [1.807, 2.05) is 0 Å². The summed E-state index contributed by atoms with van der Waals surface area (Å²) in [6.07, 6.45) is 6.82. The lowest BCUT2D eigenvalue weighted by Crippen LogP contribution is -2.49. The molecule has 2 heterocycles. The summed E-state index contributed by atoms with van der Waals surface area (Å²) >= 11 is 0. The van der Waals surface area contributed by atoms with E-state index in [1.165, 1.54) is 0 Å². The number of amides is 1. The number of rotatable bonds is 5. The molecule has 2 rings (SSSR count). The zero-order valence-corrected chi connectivity index (χ0v) is 11.0. The summed E-state index contributed by atoms with van der Waals surface area (Å²) in [6, 6.07) is 0. The molecule has 19 heavy (non-hydrogen) atoms. The number of carbonyl (C=O) groups excluding carboxylic acids is 1. The Morgan fingerprint density at radius 1 is 1.37 bits per heavy atom. The number of hydrogen-bond acceptors (Lipinski definition) is 5. The fourth-order valence-electron chi connectivity index (χ4n) is 2.03. The minimum Gasteiger partial charge on any atom is -0.353 e. The summed E-state index contributed by atoms with van der Waals surface area (Å²) in [6.45, 7) is 8.00. The largest absolute Gasteiger partial charge is 0.353 e. The molecule has 0 unspecified atom stereocenters. The van der Waals surface area contributed by atoms with Crippen LogP contribution in [0.2, 0.25) is 0 Å². The monoisotopic (exact) mass is 261 g/mol. The van der Waals surface area contributed by atoms with E-state index in [0.29, 0.717) is 13.1 Å². The highest BCUT2D eigenvalue weighted by Gasteiger charge is 2.19. The van der Waals surface area contributed by atoms with Gasteiger partial charge in [-0.05, 0) is 0 Å². The highest BCUT2D eigenvalue weighted by Crippen LogP contribution is 2.10. The van der Waals surface area contributed by atoms with E-state index in [2.05, 4.69) is 31.7 Å². The maximum Gasteiger partial charge on any atom is 0.234 e. The van der Waals surface area contributed by atoms with Crippen molar-refractivity contribution in [2.24, 2.45) is 0 Å². The van der Waals surface area contributed by atoms with E-state index in [0.717, 1.165) is 32.0 Å². The van der Waals surface area contributed by atoms with Crippen LogP contribution in [0.5, 0.6) is 0 Å². The Labute approximate surface area is 113 Å². The minimum absolute atomic E-state index is 0.0489. The Balaban J connectivity index is 1.76. The zero-order chi connectivity index (χ0) is 13.5. The van der Waals surface area contributed by atoms with Gasteiger partial charge >= 0.3 is 0 Å². The van der Waals surface area contributed by atoms with Crippen LogP contribution in [0.15, 0.2) is 31.2 Å². The number of carbonyl (C=O) groups is 1. The van der Waals surface area contributed by atoms with Gasteiger partial charge in [-0.2, -0.15) is 0 Å². The molecule has 6 heteroatoms. The minimum atomic E-state index is 0.0489. The number of aromatic nitrogens is 2. The molecule has 1 N–H and O–H groups in total. The highest BCUT2D eigenvalue weighted by atomic mass is 16.2. The van der Waals surface area contributed by atoms with E-state index in [-0.39, 0.29) is 5.91 Å². The fourth-order valence-corrected chi connectivity index (χ4v) is 2.03. The van der Waals surface area contributed by atoms with E-state index in [1.54, 1.807) is 24.7 Å². The van der Waals surface area contributed by atoms with Crippen molar-refractivity contribution in [2.45, 2.75) is 0 Å². The van der Waals surface area contributed by atoms with E-state index in [9.17, 15) is 4.79 Å². The fraction of sp³-hybridized carbons (Fsp3) is 0.462. The lowest BCUT2D eigenvalue weighted by molar-refractivity contribution is -0.122. The molecule has 1 fully saturated rings. The van der Waals surface area contributed by atoms with Crippen molar-refractivity contribution in [1.29, 1.82) is 0 Å². The van der Waals surface area contributed by atoms with Crippen LogP contribution in [-0.2, 0) is 4.79 Å². The molecule has 1 aliphatic rings. The van der Waals surface area contributed by atoms with Gasteiger partial charge in [0.1, 0.15) is 5.82 Å². The second-order valence-electron chi connectivity index (χ2n) is 4.42. The van der Waals surface area contributed by atoms with Crippen molar-refractivity contribution in [1.82, 2.24) is 20.2 Å². The van der Waals surface area contributed by atoms with Crippen molar-refractivity contribution >= 4 is 11.7 Å². The Hall–Kier alpha value is -1.95. The second-order valence-corrected chi connectivity index (χ2v) is 4.42. The highest BCUT2D eigenvalue weighted by molar-refractivity contribution is 5.78. The first-order valence-corrected chi connectivity index (χ1v) is 6.40. The molecule has 1 amide bonds. The third-order valence-electron chi connectivity index (χ3n) is 3.06. The molecular formula is C13H19N5O. The van der Waals surface area contributed by atoms with Crippen molar-refractivity contribution in [3.05, 3.63) is 31.2 Å². The molecule has 1 aromatic heterocycles. The first-order chi connectivity index (χ1) is 9.29. The molecule has 1 saturated heterocycles. The second kappa shape index (κ2) is 6.84. The average molecular weight is 261 g/mol. The van der Waals surface area contributed by atoms with Crippen molar-refractivity contribution in [3.8, 4) is 0 Å². The van der Waals surface area contributed by atoms with Crippen LogP contribution in [-0.4, -0.2) is 60.0 Å². The van der Waals surface area contributed by atoms with Crippen LogP contribution in [0.3, 0.4) is 0 Å². The third kappa shape index (κ3) is 4.03. The van der Waals surface area contributed by atoms with Gasteiger partial charge in [0.05, 0.1) is 12.7 Å². The molecule has 0 aliphatic carbocycles. The van der Waals surface area contributed by atoms with Gasteiger partial charge in [0.15, 0.2) is 0 Å². The number of nitrogens with zero attached hydrogens (tertiary/aromatic N) is 4. The van der Waals surface area contributed by atoms with Gasteiger partial charge in [-0.15, -0.1) is 6.58 Å². The van der Waals surface area contributed by atoms with Gasteiger partial charge in [-0.25, -0.2) is 4.98 Å². The number of anilines is 1. The summed E-state index contributed by atoms with van der Waals surface area (Å²) in [4.78, 5) is 24.3. The molecule has 102 valence electrons. The van der Waals surface area contributed by atoms with Gasteiger partial charge in [0, 0.05) is 45.1 Å². The van der Waals surface area contributed by atoms with E-state index >= 15 is 0 Å². The van der Waals surface area contributed by atoms with Crippen LogP contribution in [0.1, 0.15) is 0 Å². The molecule has 0 radical (unpaired) electrons. The van der Waals surface area contributed by atoms with E-state index in [4.69, 9.17) is 0 Å². The maximum atomic E-state index is 11.6. The number of nitrogens with one attached hydrogen (secondary N) is 1. The molecule has 0 atom stereocenters. The number of piperazine rings is 1. The molecule has 0 spiro atoms. The standard InChI is InChI=1S/C13H19N5O/c1-2-3-16-13(19)11-17-6-8-18(9-7-17)12-10-14-4-5-15-12/h2,4-5,10H,1,3,6-9,11H2,(H,16,19). The van der Waals surface area contributed by atoms with Crippen LogP contribution in [0, 0.1) is 0 Å². The van der Waals surface area contributed by atoms with Crippen LogP contribution in [0.25, 0.3) is 0 Å². The van der Waals surface area contributed by atoms with Crippen molar-refractivity contribution in [3.63, 3.8) is 0 Å². The van der Waals surface area contributed by atoms with Gasteiger partial charge in [-0.1, -0.05) is 6.08 Å². The topological polar surface area (TPSA) is 61.4 Å². The van der Waals surface area contributed by atoms with Gasteiger partial charge in [0.25, 0.3) is 0 Å². The third-order valence-corrected chi connectivity index (χ3v) is 3.06. The Bertz CT molecular complexity index is 414. The normalized spacial score (nSPS) is 16.1. The van der Waals surface area contributed by atoms with Crippen LogP contribution in [0.4, 0.5) is 5.82 Å². The first-order valence-electron chi connectivity index (χ1n) is 6.40. The van der Waals surface area contributed by atoms with Crippen molar-refractivity contribution < 1.29 is 4.79 Å². The Morgan fingerprint density at radius 3 is 2.79 bits per heavy atom. The zero-order valence-electron chi connectivity index (χ0n) is 11.0. The molecule has 0 aromatic carbocycles. The summed E-state index contributed by atoms with van der Waals surface area (Å²) in [5.74, 6) is 0.950. The maximum absolute atomic E-state index is 11.6. The van der Waals surface area contributed by atoms with Gasteiger partial charge in [-0.3, -0.25) is 14.7 Å². The SMILES string of the molecule is C=CCNC(=O)CN1CCN(c2cnccn2)CC1. The van der Waals surface area contributed by atoms with Crippen LogP contribution < -0.4 is 10.2 Å². The summed E-state index contributed by atoms with van der Waals surface area (Å²) in [5.41, 5.74) is 0. The number of hydrogen-bond donors (Lipinski definition) is 1. The summed E-state index contributed by atoms with van der Waals surface area (Å²) in [5, 5.41) is 2.79. The quantitative estimate of drug-likeness (QED) is 0.750. The molecule has 1 aliphatic heterocycles.